The quantitative estimate of drug-likeness (QED) is 0.252. The molecule has 0 amide bonds. The molecule has 1 fully saturated rings. The molecule has 0 saturated carbocycles. The Hall–Kier alpha value is 0.340. The van der Waals surface area contributed by atoms with Crippen LogP contribution in [0.4, 0.5) is 5.82 Å². The number of hydrogen-bond acceptors (Lipinski definition) is 11. The zero-order chi connectivity index (χ0) is 16.8. The third-order valence-electron chi connectivity index (χ3n) is 3.40. The van der Waals surface area contributed by atoms with Crippen LogP contribution in [0.1, 0.15) is 6.23 Å². The van der Waals surface area contributed by atoms with Crippen molar-refractivity contribution in [1.29, 1.82) is 0 Å². The number of fused-ring (bicyclic) bond motifs is 1. The molecule has 0 unspecified atom stereocenters. The fourth-order valence-corrected chi connectivity index (χ4v) is 2.65. The van der Waals surface area contributed by atoms with Gasteiger partial charge < -0.3 is 39.6 Å². The minimum atomic E-state index is -5.22. The molecule has 0 radical (unpaired) electrons. The van der Waals surface area contributed by atoms with E-state index in [-0.39, 0.29) is 76.1 Å². The van der Waals surface area contributed by atoms with Crippen LogP contribution in [0.5, 0.6) is 0 Å². The first-order valence-corrected chi connectivity index (χ1v) is 7.85. The molecule has 0 bridgehead atoms. The Balaban J connectivity index is 0.00000156. The van der Waals surface area contributed by atoms with E-state index in [9.17, 15) is 24.6 Å². The van der Waals surface area contributed by atoms with Gasteiger partial charge in [0, 0.05) is 0 Å². The predicted molar refractivity (Wildman–Crippen MR) is 69.2 cm³/mol. The summed E-state index contributed by atoms with van der Waals surface area (Å²) in [4.78, 5) is 32.8. The van der Waals surface area contributed by atoms with E-state index in [2.05, 4.69) is 19.5 Å². The Labute approximate surface area is 185 Å². The van der Waals surface area contributed by atoms with Crippen molar-refractivity contribution >= 4 is 24.8 Å². The Morgan fingerprint density at radius 1 is 1.28 bits per heavy atom. The van der Waals surface area contributed by atoms with E-state index >= 15 is 0 Å². The van der Waals surface area contributed by atoms with Gasteiger partial charge in [0.05, 0.1) is 20.8 Å². The third kappa shape index (κ3) is 4.99. The summed E-state index contributed by atoms with van der Waals surface area (Å²) in [7, 11) is -5.22. The van der Waals surface area contributed by atoms with Gasteiger partial charge in [-0.15, -0.1) is 0 Å². The van der Waals surface area contributed by atoms with Crippen molar-refractivity contribution in [2.24, 2.45) is 0 Å². The Morgan fingerprint density at radius 2 is 1.96 bits per heavy atom. The number of nitrogen functional groups attached to an aromatic ring is 1. The van der Waals surface area contributed by atoms with Crippen molar-refractivity contribution in [2.45, 2.75) is 24.5 Å². The number of nitrogens with zero attached hydrogens (tertiary/aromatic N) is 4. The van der Waals surface area contributed by atoms with Gasteiger partial charge in [0.25, 0.3) is 0 Å². The number of aliphatic hydroxyl groups excluding tert-OH is 2. The summed E-state index contributed by atoms with van der Waals surface area (Å²) < 4.78 is 21.3. The van der Waals surface area contributed by atoms with Crippen molar-refractivity contribution in [2.75, 3.05) is 12.3 Å². The van der Waals surface area contributed by atoms with Crippen molar-refractivity contribution in [3.8, 4) is 0 Å². The molecule has 0 aliphatic carbocycles. The second-order valence-electron chi connectivity index (χ2n) is 4.87. The third-order valence-corrected chi connectivity index (χ3v) is 3.86. The maximum atomic E-state index is 10.5. The smallest absolute Gasteiger partial charge is 0.790 e. The first-order chi connectivity index (χ1) is 10.8. The van der Waals surface area contributed by atoms with Gasteiger partial charge in [-0.1, -0.05) is 0 Å². The largest absolute Gasteiger partial charge is 1.00 e. The van der Waals surface area contributed by atoms with Crippen molar-refractivity contribution < 1.29 is 92.9 Å². The first kappa shape index (κ1) is 23.4. The molecule has 0 aromatic carbocycles. The van der Waals surface area contributed by atoms with Crippen molar-refractivity contribution in [1.82, 2.24) is 19.5 Å². The zero-order valence-corrected chi connectivity index (χ0v) is 18.3. The maximum Gasteiger partial charge on any atom is 1.00 e. The minimum absolute atomic E-state index is 0. The topological polar surface area (TPSA) is 192 Å². The van der Waals surface area contributed by atoms with Gasteiger partial charge in [-0.25, -0.2) is 15.0 Å². The number of aliphatic hydroxyl groups is 2. The van der Waals surface area contributed by atoms with Gasteiger partial charge in [-0.05, 0) is 0 Å². The van der Waals surface area contributed by atoms with Crippen LogP contribution in [0.15, 0.2) is 12.7 Å². The number of anilines is 1. The van der Waals surface area contributed by atoms with Gasteiger partial charge in [0.15, 0.2) is 17.7 Å². The number of imidazole rings is 1. The number of hydrogen-bond donors (Lipinski definition) is 3. The molecular weight excluding hydrogens is 384 g/mol. The number of aromatic nitrogens is 4. The zero-order valence-electron chi connectivity index (χ0n) is 13.4. The summed E-state index contributed by atoms with van der Waals surface area (Å²) in [6.07, 6.45) is -2.75. The monoisotopic (exact) mass is 396 g/mol. The van der Waals surface area contributed by atoms with E-state index < -0.39 is 39.0 Å². The Kier molecular flexibility index (Phi) is 8.44. The fraction of sp³-hybridized carbons (Fsp3) is 0.500. The van der Waals surface area contributed by atoms with Crippen LogP contribution in [-0.2, 0) is 13.8 Å². The van der Waals surface area contributed by atoms with Crippen molar-refractivity contribution in [3.05, 3.63) is 12.7 Å². The summed E-state index contributed by atoms with van der Waals surface area (Å²) in [5.41, 5.74) is 6.19. The number of phosphoric acid groups is 1. The van der Waals surface area contributed by atoms with Crippen molar-refractivity contribution in [3.63, 3.8) is 0 Å². The predicted octanol–water partition coefficient (Wildman–Crippen LogP) is -9.12. The van der Waals surface area contributed by atoms with E-state index in [4.69, 9.17) is 10.5 Å². The fourth-order valence-electron chi connectivity index (χ4n) is 2.32. The second kappa shape index (κ2) is 9.02. The van der Waals surface area contributed by atoms with E-state index in [0.29, 0.717) is 0 Å². The molecule has 25 heavy (non-hydrogen) atoms. The summed E-state index contributed by atoms with van der Waals surface area (Å²) >= 11 is 0. The molecule has 0 spiro atoms. The van der Waals surface area contributed by atoms with E-state index in [1.54, 1.807) is 0 Å². The molecule has 1 aliphatic rings. The Morgan fingerprint density at radius 3 is 2.60 bits per heavy atom. The number of rotatable bonds is 4. The van der Waals surface area contributed by atoms with Crippen LogP contribution in [0.2, 0.25) is 0 Å². The molecule has 4 N–H and O–H groups in total. The van der Waals surface area contributed by atoms with Crippen LogP contribution >= 0.6 is 7.82 Å². The molecule has 3 rings (SSSR count). The van der Waals surface area contributed by atoms with Gasteiger partial charge >= 0.3 is 59.1 Å². The van der Waals surface area contributed by atoms with Gasteiger partial charge in [0.1, 0.15) is 30.2 Å². The van der Waals surface area contributed by atoms with E-state index in [0.717, 1.165) is 0 Å². The van der Waals surface area contributed by atoms with Gasteiger partial charge in [-0.2, -0.15) is 0 Å². The molecule has 2 aromatic heterocycles. The second-order valence-corrected chi connectivity index (χ2v) is 6.02. The van der Waals surface area contributed by atoms with Crippen LogP contribution in [0, 0.1) is 0 Å². The molecule has 1 aliphatic heterocycles. The van der Waals surface area contributed by atoms with E-state index in [1.165, 1.54) is 17.2 Å². The number of phosphoric ester groups is 1. The number of nitrogens with two attached hydrogens (primary N) is 1. The van der Waals surface area contributed by atoms with Crippen LogP contribution in [-0.4, -0.2) is 54.7 Å². The molecule has 12 nitrogen and oxygen atoms in total. The summed E-state index contributed by atoms with van der Waals surface area (Å²) in [6, 6.07) is 0. The molecule has 1 saturated heterocycles. The number of ether oxygens (including phenoxy) is 1. The molecule has 3 heterocycles. The average molecular weight is 396 g/mol. The molecule has 126 valence electrons. The van der Waals surface area contributed by atoms with Crippen LogP contribution in [0.25, 0.3) is 11.2 Å². The van der Waals surface area contributed by atoms with Gasteiger partial charge in [0.2, 0.25) is 0 Å². The average Bonchev–Trinajstić information content (AvgIpc) is 3.01. The molecule has 15 heteroatoms. The normalized spacial score (nSPS) is 26.2. The molecule has 2 aromatic rings. The molecular formula is C10H12N5Na2O7P. The summed E-state index contributed by atoms with van der Waals surface area (Å²) in [5.74, 6) is 0.125. The maximum absolute atomic E-state index is 10.5. The summed E-state index contributed by atoms with van der Waals surface area (Å²) in [6.45, 7) is -0.719. The standard InChI is InChI=1S/C10H14N5O7P.2Na/c11-8-5-9(13-2-12-8)15(3-14-5)10-7(17)6(16)4(22-10)1-21-23(18,19)20;;/h2-4,6-7,10,16-17H,1H2,(H2,11,12,13)(H2,18,19,20);;/q;2*+1/p-2/t4-,6+,7-,10-;;/m1../s1/i11+1,12+1,13+1,14+1,15+1;;. The van der Waals surface area contributed by atoms with Gasteiger partial charge in [-0.3, -0.25) is 4.57 Å². The molecule has 4 atom stereocenters. The minimum Gasteiger partial charge on any atom is -0.790 e. The Bertz CT molecular complexity index is 773. The first-order valence-electron chi connectivity index (χ1n) is 6.39. The van der Waals surface area contributed by atoms with Crippen LogP contribution in [0.3, 0.4) is 0 Å². The summed E-state index contributed by atoms with van der Waals surface area (Å²) in [5, 5.41) is 20.0. The van der Waals surface area contributed by atoms with E-state index in [1.807, 2.05) is 0 Å². The SMILES string of the molecule is [15NH2]c1[15n]c[15n]c2c1[15n]c[15n]2[C@@H]1O[C@H](COP(=O)([O-])[O-])[C@H](O)[C@H]1O.[Na+].[Na+]. The van der Waals surface area contributed by atoms with Crippen LogP contribution < -0.4 is 74.6 Å².